The molecule has 36 heavy (non-hydrogen) atoms. The lowest BCUT2D eigenvalue weighted by molar-refractivity contribution is 0.0951. The Hall–Kier alpha value is -4.14. The molecule has 0 radical (unpaired) electrons. The van der Waals surface area contributed by atoms with E-state index in [1.54, 1.807) is 7.11 Å². The summed E-state index contributed by atoms with van der Waals surface area (Å²) < 4.78 is 11.2. The minimum Gasteiger partial charge on any atom is -0.496 e. The van der Waals surface area contributed by atoms with Gasteiger partial charge in [0, 0.05) is 34.3 Å². The summed E-state index contributed by atoms with van der Waals surface area (Å²) in [5.74, 6) is 2.07. The number of benzene rings is 1. The molecule has 0 saturated heterocycles. The topological polar surface area (TPSA) is 122 Å². The van der Waals surface area contributed by atoms with Gasteiger partial charge in [0.2, 0.25) is 0 Å². The van der Waals surface area contributed by atoms with E-state index in [4.69, 9.17) is 19.2 Å². The Morgan fingerprint density at radius 2 is 1.89 bits per heavy atom. The number of H-pyrrole nitrogens is 2. The van der Waals surface area contributed by atoms with E-state index in [0.29, 0.717) is 23.8 Å². The van der Waals surface area contributed by atoms with Gasteiger partial charge in [-0.1, -0.05) is 19.0 Å². The fraction of sp³-hybridized carbons (Fsp3) is 0.333. The number of aromatic amines is 2. The molecule has 0 aliphatic heterocycles. The van der Waals surface area contributed by atoms with Crippen LogP contribution in [0, 0.1) is 20.8 Å². The molecule has 3 N–H and O–H groups in total. The van der Waals surface area contributed by atoms with Gasteiger partial charge in [0.05, 0.1) is 29.4 Å². The number of nitrogens with zero attached hydrogens (tertiary/aromatic N) is 3. The molecular formula is C27H30N6O3. The summed E-state index contributed by atoms with van der Waals surface area (Å²) in [7, 11) is 1.65. The fourth-order valence-electron chi connectivity index (χ4n) is 4.86. The van der Waals surface area contributed by atoms with E-state index in [1.807, 2.05) is 45.9 Å². The van der Waals surface area contributed by atoms with Crippen LogP contribution < -0.4 is 10.1 Å². The van der Waals surface area contributed by atoms with E-state index in [0.717, 1.165) is 61.5 Å². The van der Waals surface area contributed by atoms with Gasteiger partial charge in [-0.25, -0.2) is 9.97 Å². The lowest BCUT2D eigenvalue weighted by Gasteiger charge is -2.10. The van der Waals surface area contributed by atoms with Gasteiger partial charge in [-0.3, -0.25) is 4.79 Å². The van der Waals surface area contributed by atoms with E-state index in [9.17, 15) is 4.79 Å². The van der Waals surface area contributed by atoms with Crippen molar-refractivity contribution in [3.63, 3.8) is 0 Å². The van der Waals surface area contributed by atoms with Crippen LogP contribution in [0.15, 0.2) is 22.7 Å². The lowest BCUT2D eigenvalue weighted by Crippen LogP contribution is -2.22. The standard InChI is InChI=1S/C27H30N6O3/c1-8-28-27(34)20-10-18(24(31-20)12(2)3)25-23-16-11-21(35-7)17(22-13(4)33-36-14(22)5)9-19(16)32-26(23)30-15(6)29-25/h9-12,31H,8H2,1-7H3,(H,28,34)(H,29,30,32). The van der Waals surface area contributed by atoms with Crippen molar-refractivity contribution in [2.45, 2.75) is 47.5 Å². The van der Waals surface area contributed by atoms with Gasteiger partial charge in [0.1, 0.15) is 28.7 Å². The molecule has 1 aromatic carbocycles. The van der Waals surface area contributed by atoms with Gasteiger partial charge in [0.25, 0.3) is 5.91 Å². The first-order valence-corrected chi connectivity index (χ1v) is 12.1. The van der Waals surface area contributed by atoms with Gasteiger partial charge in [-0.05, 0) is 51.8 Å². The lowest BCUT2D eigenvalue weighted by atomic mass is 9.98. The summed E-state index contributed by atoms with van der Waals surface area (Å²) in [5, 5.41) is 8.79. The third-order valence-electron chi connectivity index (χ3n) is 6.45. The van der Waals surface area contributed by atoms with Crippen molar-refractivity contribution in [1.29, 1.82) is 0 Å². The van der Waals surface area contributed by atoms with Crippen molar-refractivity contribution in [3.8, 4) is 28.1 Å². The second-order valence-corrected chi connectivity index (χ2v) is 9.29. The number of carbonyl (C=O) groups is 1. The summed E-state index contributed by atoms with van der Waals surface area (Å²) in [6.45, 7) is 12.3. The smallest absolute Gasteiger partial charge is 0.267 e. The Morgan fingerprint density at radius 3 is 2.53 bits per heavy atom. The number of amides is 1. The summed E-state index contributed by atoms with van der Waals surface area (Å²) in [6, 6.07) is 5.93. The van der Waals surface area contributed by atoms with Gasteiger partial charge < -0.3 is 24.5 Å². The largest absolute Gasteiger partial charge is 0.496 e. The number of carbonyl (C=O) groups excluding carboxylic acids is 1. The molecule has 0 atom stereocenters. The van der Waals surface area contributed by atoms with E-state index < -0.39 is 0 Å². The molecule has 4 aromatic heterocycles. The zero-order valence-corrected chi connectivity index (χ0v) is 21.6. The van der Waals surface area contributed by atoms with E-state index in [2.05, 4.69) is 34.3 Å². The van der Waals surface area contributed by atoms with Crippen LogP contribution in [0.25, 0.3) is 44.3 Å². The molecule has 0 fully saturated rings. The first kappa shape index (κ1) is 23.6. The number of rotatable bonds is 6. The zero-order chi connectivity index (χ0) is 25.7. The molecule has 5 aromatic rings. The molecule has 0 aliphatic rings. The highest BCUT2D eigenvalue weighted by atomic mass is 16.5. The van der Waals surface area contributed by atoms with Gasteiger partial charge in [0.15, 0.2) is 0 Å². The molecule has 1 amide bonds. The first-order valence-electron chi connectivity index (χ1n) is 12.1. The summed E-state index contributed by atoms with van der Waals surface area (Å²) in [4.78, 5) is 29.0. The summed E-state index contributed by atoms with van der Waals surface area (Å²) in [5.41, 5.74) is 7.33. The van der Waals surface area contributed by atoms with Crippen LogP contribution in [-0.4, -0.2) is 44.7 Å². The molecule has 4 heterocycles. The number of methoxy groups -OCH3 is 1. The van der Waals surface area contributed by atoms with Crippen molar-refractivity contribution >= 4 is 27.8 Å². The van der Waals surface area contributed by atoms with Crippen molar-refractivity contribution < 1.29 is 14.1 Å². The maximum Gasteiger partial charge on any atom is 0.267 e. The number of hydrogen-bond donors (Lipinski definition) is 3. The number of hydrogen-bond acceptors (Lipinski definition) is 6. The minimum absolute atomic E-state index is 0.141. The van der Waals surface area contributed by atoms with Crippen LogP contribution >= 0.6 is 0 Å². The summed E-state index contributed by atoms with van der Waals surface area (Å²) >= 11 is 0. The molecule has 9 nitrogen and oxygen atoms in total. The molecule has 0 spiro atoms. The molecule has 0 unspecified atom stereocenters. The van der Waals surface area contributed by atoms with Crippen LogP contribution in [0.2, 0.25) is 0 Å². The van der Waals surface area contributed by atoms with Crippen molar-refractivity contribution in [2.75, 3.05) is 13.7 Å². The van der Waals surface area contributed by atoms with Crippen LogP contribution in [0.3, 0.4) is 0 Å². The molecule has 186 valence electrons. The monoisotopic (exact) mass is 486 g/mol. The second-order valence-electron chi connectivity index (χ2n) is 9.29. The SMILES string of the molecule is CCNC(=O)c1cc(-c2nc(C)nc3[nH]c4cc(-c5c(C)noc5C)c(OC)cc4c23)c(C(C)C)[nH]1. The second kappa shape index (κ2) is 8.82. The molecule has 0 aliphatic carbocycles. The van der Waals surface area contributed by atoms with Crippen LogP contribution in [-0.2, 0) is 0 Å². The van der Waals surface area contributed by atoms with Gasteiger partial charge >= 0.3 is 0 Å². The maximum absolute atomic E-state index is 12.6. The van der Waals surface area contributed by atoms with E-state index >= 15 is 0 Å². The van der Waals surface area contributed by atoms with Gasteiger partial charge in [-0.2, -0.15) is 0 Å². The number of nitrogens with one attached hydrogen (secondary N) is 3. The summed E-state index contributed by atoms with van der Waals surface area (Å²) in [6.07, 6.45) is 0. The highest BCUT2D eigenvalue weighted by Crippen LogP contribution is 2.42. The van der Waals surface area contributed by atoms with Crippen molar-refractivity contribution in [3.05, 3.63) is 46.9 Å². The maximum atomic E-state index is 12.6. The third kappa shape index (κ3) is 3.71. The minimum atomic E-state index is -0.141. The normalized spacial score (nSPS) is 11.7. The first-order chi connectivity index (χ1) is 17.2. The Balaban J connectivity index is 1.81. The Bertz CT molecular complexity index is 1600. The molecule has 0 bridgehead atoms. The highest BCUT2D eigenvalue weighted by Gasteiger charge is 2.24. The van der Waals surface area contributed by atoms with Crippen molar-refractivity contribution in [2.24, 2.45) is 0 Å². The molecule has 9 heteroatoms. The Labute approximate surface area is 208 Å². The highest BCUT2D eigenvalue weighted by molar-refractivity contribution is 6.14. The van der Waals surface area contributed by atoms with Crippen LogP contribution in [0.4, 0.5) is 0 Å². The number of ether oxygens (including phenoxy) is 1. The predicted molar refractivity (Wildman–Crippen MR) is 140 cm³/mol. The average molecular weight is 487 g/mol. The molecule has 5 rings (SSSR count). The Kier molecular flexibility index (Phi) is 5.78. The van der Waals surface area contributed by atoms with Crippen LogP contribution in [0.1, 0.15) is 60.2 Å². The van der Waals surface area contributed by atoms with Gasteiger partial charge in [-0.15, -0.1) is 0 Å². The predicted octanol–water partition coefficient (Wildman–Crippen LogP) is 5.57. The number of aromatic nitrogens is 5. The van der Waals surface area contributed by atoms with E-state index in [1.165, 1.54) is 0 Å². The molecular weight excluding hydrogens is 456 g/mol. The third-order valence-corrected chi connectivity index (χ3v) is 6.45. The molecule has 0 saturated carbocycles. The Morgan fingerprint density at radius 1 is 1.11 bits per heavy atom. The van der Waals surface area contributed by atoms with Crippen molar-refractivity contribution in [1.82, 2.24) is 30.4 Å². The fourth-order valence-corrected chi connectivity index (χ4v) is 4.86. The number of fused-ring (bicyclic) bond motifs is 3. The number of aryl methyl sites for hydroxylation is 3. The quantitative estimate of drug-likeness (QED) is 0.288. The zero-order valence-electron chi connectivity index (χ0n) is 21.6. The average Bonchev–Trinajstić information content (AvgIpc) is 3.52. The van der Waals surface area contributed by atoms with E-state index in [-0.39, 0.29) is 11.8 Å². The van der Waals surface area contributed by atoms with Crippen LogP contribution in [0.5, 0.6) is 5.75 Å².